The molecule has 1 aliphatic carbocycles. The molecule has 2 aromatic rings. The summed E-state index contributed by atoms with van der Waals surface area (Å²) in [5, 5.41) is 4.78. The number of carbonyl (C=O) groups is 3. The molecule has 0 radical (unpaired) electrons. The maximum Gasteiger partial charge on any atom is 0.224 e. The maximum atomic E-state index is 13.6. The molecule has 1 aliphatic heterocycles. The molecule has 0 bridgehead atoms. The summed E-state index contributed by atoms with van der Waals surface area (Å²) in [4.78, 5) is 45.5. The molecule has 0 spiro atoms. The summed E-state index contributed by atoms with van der Waals surface area (Å²) in [7, 11) is 0. The molecule has 1 amide bonds. The Morgan fingerprint density at radius 2 is 1.87 bits per heavy atom. The molecule has 1 saturated carbocycles. The highest BCUT2D eigenvalue weighted by Crippen LogP contribution is 2.30. The lowest BCUT2D eigenvalue weighted by Gasteiger charge is -2.32. The summed E-state index contributed by atoms with van der Waals surface area (Å²) in [5.41, 5.74) is 0.855. The van der Waals surface area contributed by atoms with Crippen molar-refractivity contribution in [2.24, 2.45) is 11.8 Å². The second-order valence-electron chi connectivity index (χ2n) is 11.3. The number of likely N-dealkylation sites (tertiary alicyclic amines) is 1. The van der Waals surface area contributed by atoms with E-state index in [9.17, 15) is 14.4 Å². The highest BCUT2D eigenvalue weighted by molar-refractivity contribution is 7.18. The third kappa shape index (κ3) is 9.51. The molecule has 6 nitrogen and oxygen atoms in total. The summed E-state index contributed by atoms with van der Waals surface area (Å²) >= 11 is 7.66. The van der Waals surface area contributed by atoms with Crippen molar-refractivity contribution in [2.75, 3.05) is 19.6 Å². The van der Waals surface area contributed by atoms with E-state index in [-0.39, 0.29) is 29.9 Å². The van der Waals surface area contributed by atoms with Gasteiger partial charge in [0.2, 0.25) is 5.91 Å². The number of nitrogens with one attached hydrogen (secondary N) is 1. The first kappa shape index (κ1) is 29.9. The number of thiazole rings is 1. The van der Waals surface area contributed by atoms with Crippen LogP contribution in [0.1, 0.15) is 82.6 Å². The number of hydrogen-bond acceptors (Lipinski definition) is 6. The van der Waals surface area contributed by atoms with Gasteiger partial charge >= 0.3 is 0 Å². The number of ketones is 2. The van der Waals surface area contributed by atoms with Crippen LogP contribution in [0.15, 0.2) is 30.4 Å². The first-order valence-electron chi connectivity index (χ1n) is 14.6. The topological polar surface area (TPSA) is 79.4 Å². The van der Waals surface area contributed by atoms with Gasteiger partial charge in [0.1, 0.15) is 5.78 Å². The number of rotatable bonds is 13. The molecule has 1 aromatic heterocycles. The predicted octanol–water partition coefficient (Wildman–Crippen LogP) is 6.54. The van der Waals surface area contributed by atoms with Gasteiger partial charge in [-0.2, -0.15) is 0 Å². The second kappa shape index (κ2) is 15.1. The monoisotopic (exact) mass is 571 g/mol. The van der Waals surface area contributed by atoms with Crippen molar-refractivity contribution < 1.29 is 14.4 Å². The minimum absolute atomic E-state index is 0.0115. The van der Waals surface area contributed by atoms with Crippen LogP contribution in [-0.4, -0.2) is 53.0 Å². The standard InChI is InChI=1S/C31H42ClN3O3S/c1-22(36)19-24(20-30-33-28-14-12-25(32)21-29(28)39-30)31(38)34-27(23-9-4-2-5-10-23)15-13-26(37)11-8-18-35-16-6-3-7-17-35/h8,11-12,14,21,23-24,27H,2-7,9-10,13,15-20H2,1H3,(H,34,38)/b11-8+/t24-,27+/m0/s1. The van der Waals surface area contributed by atoms with Gasteiger partial charge in [-0.1, -0.05) is 43.4 Å². The second-order valence-corrected chi connectivity index (χ2v) is 12.9. The van der Waals surface area contributed by atoms with Crippen molar-refractivity contribution in [1.82, 2.24) is 15.2 Å². The SMILES string of the molecule is CC(=O)C[C@@H](Cc1nc2ccc(Cl)cc2s1)C(=O)N[C@H](CCC(=O)/C=C/CN1CCCCC1)C1CCCCC1. The van der Waals surface area contributed by atoms with E-state index >= 15 is 0 Å². The Morgan fingerprint density at radius 3 is 2.62 bits per heavy atom. The highest BCUT2D eigenvalue weighted by atomic mass is 35.5. The number of piperidine rings is 1. The largest absolute Gasteiger partial charge is 0.353 e. The zero-order valence-electron chi connectivity index (χ0n) is 23.1. The number of benzene rings is 1. The lowest BCUT2D eigenvalue weighted by Crippen LogP contribution is -2.44. The van der Waals surface area contributed by atoms with Crippen molar-refractivity contribution in [3.05, 3.63) is 40.4 Å². The fraction of sp³-hybridized carbons (Fsp3) is 0.613. The molecule has 1 aromatic carbocycles. The van der Waals surface area contributed by atoms with Crippen molar-refractivity contribution in [2.45, 2.75) is 90.0 Å². The molecule has 2 fully saturated rings. The Bertz CT molecular complexity index is 1150. The van der Waals surface area contributed by atoms with Crippen LogP contribution < -0.4 is 5.32 Å². The van der Waals surface area contributed by atoms with Crippen LogP contribution in [0.2, 0.25) is 5.02 Å². The first-order valence-corrected chi connectivity index (χ1v) is 15.8. The van der Waals surface area contributed by atoms with E-state index in [1.54, 1.807) is 6.08 Å². The van der Waals surface area contributed by atoms with E-state index in [1.807, 2.05) is 24.3 Å². The number of nitrogens with zero attached hydrogens (tertiary/aromatic N) is 2. The van der Waals surface area contributed by atoms with Crippen molar-refractivity contribution in [3.63, 3.8) is 0 Å². The lowest BCUT2D eigenvalue weighted by molar-refractivity contribution is -0.130. The van der Waals surface area contributed by atoms with Crippen LogP contribution in [0, 0.1) is 11.8 Å². The summed E-state index contributed by atoms with van der Waals surface area (Å²) in [6.07, 6.45) is 14.8. The Balaban J connectivity index is 1.38. The third-order valence-corrected chi connectivity index (χ3v) is 9.36. The number of fused-ring (bicyclic) bond motifs is 1. The van der Waals surface area contributed by atoms with Crippen molar-refractivity contribution in [3.8, 4) is 0 Å². The highest BCUT2D eigenvalue weighted by Gasteiger charge is 2.29. The Kier molecular flexibility index (Phi) is 11.5. The van der Waals surface area contributed by atoms with Crippen LogP contribution in [0.5, 0.6) is 0 Å². The molecule has 2 aliphatic rings. The first-order chi connectivity index (χ1) is 18.9. The molecular weight excluding hydrogens is 530 g/mol. The molecule has 0 unspecified atom stereocenters. The summed E-state index contributed by atoms with van der Waals surface area (Å²) in [6.45, 7) is 4.59. The van der Waals surface area contributed by atoms with Crippen molar-refractivity contribution >= 4 is 50.6 Å². The normalized spacial score (nSPS) is 18.8. The predicted molar refractivity (Wildman–Crippen MR) is 159 cm³/mol. The average Bonchev–Trinajstić information content (AvgIpc) is 3.32. The number of amides is 1. The van der Waals surface area contributed by atoms with Gasteiger partial charge in [0, 0.05) is 36.9 Å². The van der Waals surface area contributed by atoms with Gasteiger partial charge in [0.15, 0.2) is 5.78 Å². The third-order valence-electron chi connectivity index (χ3n) is 8.08. The Hall–Kier alpha value is -2.09. The van der Waals surface area contributed by atoms with E-state index in [0.29, 0.717) is 30.2 Å². The molecule has 2 atom stereocenters. The fourth-order valence-corrected chi connectivity index (χ4v) is 7.29. The minimum Gasteiger partial charge on any atom is -0.353 e. The van der Waals surface area contributed by atoms with Crippen LogP contribution in [0.4, 0.5) is 0 Å². The van der Waals surface area contributed by atoms with Crippen LogP contribution >= 0.6 is 22.9 Å². The number of halogens is 1. The van der Waals surface area contributed by atoms with E-state index in [2.05, 4.69) is 15.2 Å². The molecule has 1 saturated heterocycles. The zero-order valence-corrected chi connectivity index (χ0v) is 24.7. The van der Waals surface area contributed by atoms with E-state index in [4.69, 9.17) is 11.6 Å². The molecule has 39 heavy (non-hydrogen) atoms. The molecule has 2 heterocycles. The van der Waals surface area contributed by atoms with Gasteiger partial charge in [0.05, 0.1) is 21.1 Å². The van der Waals surface area contributed by atoms with E-state index in [1.165, 1.54) is 43.9 Å². The van der Waals surface area contributed by atoms with E-state index < -0.39 is 5.92 Å². The molecule has 8 heteroatoms. The maximum absolute atomic E-state index is 13.6. The van der Waals surface area contributed by atoms with Gasteiger partial charge in [0.25, 0.3) is 0 Å². The van der Waals surface area contributed by atoms with Crippen molar-refractivity contribution in [1.29, 1.82) is 0 Å². The molecule has 1 N–H and O–H groups in total. The molecular formula is C31H42ClN3O3S. The van der Waals surface area contributed by atoms with E-state index in [0.717, 1.165) is 60.5 Å². The van der Waals surface area contributed by atoms with Gasteiger partial charge in [-0.15, -0.1) is 11.3 Å². The van der Waals surface area contributed by atoms with Crippen LogP contribution in [-0.2, 0) is 20.8 Å². The Morgan fingerprint density at radius 1 is 1.13 bits per heavy atom. The quantitative estimate of drug-likeness (QED) is 0.276. The Labute approximate surface area is 241 Å². The molecule has 4 rings (SSSR count). The minimum atomic E-state index is -0.482. The number of hydrogen-bond donors (Lipinski definition) is 1. The number of aromatic nitrogens is 1. The smallest absolute Gasteiger partial charge is 0.224 e. The number of allylic oxidation sites excluding steroid dienone is 1. The van der Waals surface area contributed by atoms with Crippen LogP contribution in [0.25, 0.3) is 10.2 Å². The lowest BCUT2D eigenvalue weighted by atomic mass is 9.81. The fourth-order valence-electron chi connectivity index (χ4n) is 5.97. The molecule has 212 valence electrons. The van der Waals surface area contributed by atoms with Gasteiger partial charge in [-0.3, -0.25) is 14.5 Å². The number of carbonyl (C=O) groups excluding carboxylic acids is 3. The summed E-state index contributed by atoms with van der Waals surface area (Å²) in [5.74, 6) is -0.107. The summed E-state index contributed by atoms with van der Waals surface area (Å²) in [6, 6.07) is 5.52. The van der Waals surface area contributed by atoms with Crippen LogP contribution in [0.3, 0.4) is 0 Å². The average molecular weight is 572 g/mol. The zero-order chi connectivity index (χ0) is 27.6. The number of Topliss-reactive ketones (excluding diaryl/α,β-unsaturated/α-hetero) is 1. The van der Waals surface area contributed by atoms with Gasteiger partial charge < -0.3 is 10.1 Å². The summed E-state index contributed by atoms with van der Waals surface area (Å²) < 4.78 is 0.978. The van der Waals surface area contributed by atoms with Gasteiger partial charge in [-0.05, 0) is 82.3 Å². The van der Waals surface area contributed by atoms with Gasteiger partial charge in [-0.25, -0.2) is 4.98 Å².